The quantitative estimate of drug-likeness (QED) is 0.539. The third-order valence-corrected chi connectivity index (χ3v) is 6.61. The number of ether oxygens (including phenoxy) is 2. The van der Waals surface area contributed by atoms with Crippen LogP contribution in [0.5, 0.6) is 5.75 Å². The largest absolute Gasteiger partial charge is 0.496 e. The van der Waals surface area contributed by atoms with Crippen LogP contribution in [0.25, 0.3) is 0 Å². The lowest BCUT2D eigenvalue weighted by molar-refractivity contribution is 0.0300. The lowest BCUT2D eigenvalue weighted by atomic mass is 10.1. The molecule has 0 aromatic heterocycles. The Kier molecular flexibility index (Phi) is 8.29. The van der Waals surface area contributed by atoms with E-state index in [1.165, 1.54) is 31.4 Å². The summed E-state index contributed by atoms with van der Waals surface area (Å²) in [4.78, 5) is 27.0. The van der Waals surface area contributed by atoms with Gasteiger partial charge in [0.15, 0.2) is 0 Å². The average Bonchev–Trinajstić information content (AvgIpc) is 2.84. The number of carbonyl (C=O) groups excluding carboxylic acids is 2. The normalized spacial score (nSPS) is 13.9. The van der Waals surface area contributed by atoms with Crippen molar-refractivity contribution in [1.82, 2.24) is 10.2 Å². The number of hydrogen-bond donors (Lipinski definition) is 2. The molecule has 1 fully saturated rings. The fraction of sp³-hybridized carbons (Fsp3) is 0.391. The number of nitrogens with one attached hydrogen (secondary N) is 2. The highest BCUT2D eigenvalue weighted by Gasteiger charge is 2.25. The number of nitrogens with zero attached hydrogens (tertiary/aromatic N) is 1. The van der Waals surface area contributed by atoms with Gasteiger partial charge in [-0.2, -0.15) is 0 Å². The van der Waals surface area contributed by atoms with E-state index in [0.717, 1.165) is 12.8 Å². The molecule has 0 bridgehead atoms. The Hall–Kier alpha value is -3.11. The Morgan fingerprint density at radius 3 is 2.52 bits per heavy atom. The molecule has 0 unspecified atom stereocenters. The summed E-state index contributed by atoms with van der Waals surface area (Å²) in [5, 5.41) is 2.79. The number of benzene rings is 2. The fourth-order valence-electron chi connectivity index (χ4n) is 3.41. The van der Waals surface area contributed by atoms with Gasteiger partial charge in [0.1, 0.15) is 5.75 Å². The second kappa shape index (κ2) is 11.2. The van der Waals surface area contributed by atoms with Crippen molar-refractivity contribution in [2.75, 3.05) is 44.7 Å². The van der Waals surface area contributed by atoms with Crippen molar-refractivity contribution in [2.45, 2.75) is 24.7 Å². The van der Waals surface area contributed by atoms with Crippen LogP contribution in [0.3, 0.4) is 0 Å². The molecule has 2 aromatic carbocycles. The number of sulfonamides is 1. The highest BCUT2D eigenvalue weighted by atomic mass is 32.2. The van der Waals surface area contributed by atoms with Crippen LogP contribution in [-0.2, 0) is 14.8 Å². The number of hydrogen-bond acceptors (Lipinski definition) is 6. The molecule has 0 aliphatic carbocycles. The van der Waals surface area contributed by atoms with Crippen molar-refractivity contribution < 1.29 is 27.5 Å². The van der Waals surface area contributed by atoms with Gasteiger partial charge in [-0.3, -0.25) is 14.3 Å². The number of rotatable bonds is 9. The van der Waals surface area contributed by atoms with E-state index >= 15 is 0 Å². The summed E-state index contributed by atoms with van der Waals surface area (Å²) in [6, 6.07) is 10.5. The summed E-state index contributed by atoms with van der Waals surface area (Å²) >= 11 is 0. The third-order valence-electron chi connectivity index (χ3n) is 5.24. The maximum atomic E-state index is 13.2. The first kappa shape index (κ1) is 24.5. The van der Waals surface area contributed by atoms with E-state index in [1.807, 2.05) is 6.92 Å². The minimum absolute atomic E-state index is 0.110. The molecule has 1 aliphatic heterocycles. The van der Waals surface area contributed by atoms with Crippen molar-refractivity contribution in [3.63, 3.8) is 0 Å². The molecule has 3 rings (SSSR count). The summed E-state index contributed by atoms with van der Waals surface area (Å²) in [6.07, 6.45) is 1.75. The van der Waals surface area contributed by atoms with Crippen molar-refractivity contribution in [2.24, 2.45) is 0 Å². The van der Waals surface area contributed by atoms with E-state index < -0.39 is 10.0 Å². The van der Waals surface area contributed by atoms with E-state index in [1.54, 1.807) is 23.1 Å². The zero-order valence-electron chi connectivity index (χ0n) is 18.8. The molecule has 1 saturated heterocycles. The van der Waals surface area contributed by atoms with Crippen LogP contribution in [0, 0.1) is 0 Å². The Balaban J connectivity index is 1.88. The number of morpholine rings is 1. The van der Waals surface area contributed by atoms with Crippen molar-refractivity contribution in [1.29, 1.82) is 0 Å². The molecule has 2 amide bonds. The smallest absolute Gasteiger partial charge is 0.261 e. The summed E-state index contributed by atoms with van der Waals surface area (Å²) in [5.41, 5.74) is 0.520. The van der Waals surface area contributed by atoms with Gasteiger partial charge in [-0.05, 0) is 36.8 Å². The molecule has 0 atom stereocenters. The molecule has 9 nitrogen and oxygen atoms in total. The molecule has 33 heavy (non-hydrogen) atoms. The first-order valence-electron chi connectivity index (χ1n) is 10.8. The van der Waals surface area contributed by atoms with Gasteiger partial charge in [0.2, 0.25) is 0 Å². The van der Waals surface area contributed by atoms with Gasteiger partial charge in [0.05, 0.1) is 42.0 Å². The van der Waals surface area contributed by atoms with Crippen molar-refractivity contribution >= 4 is 27.5 Å². The van der Waals surface area contributed by atoms with E-state index in [-0.39, 0.29) is 39.3 Å². The molecule has 2 N–H and O–H groups in total. The van der Waals surface area contributed by atoms with Gasteiger partial charge in [0.25, 0.3) is 21.8 Å². The predicted molar refractivity (Wildman–Crippen MR) is 124 cm³/mol. The van der Waals surface area contributed by atoms with E-state index in [4.69, 9.17) is 9.47 Å². The molecule has 10 heteroatoms. The summed E-state index contributed by atoms with van der Waals surface area (Å²) < 4.78 is 39.4. The molecule has 1 heterocycles. The van der Waals surface area contributed by atoms with E-state index in [2.05, 4.69) is 10.0 Å². The monoisotopic (exact) mass is 475 g/mol. The zero-order chi connectivity index (χ0) is 23.8. The minimum atomic E-state index is -4.09. The molecule has 0 saturated carbocycles. The maximum Gasteiger partial charge on any atom is 0.261 e. The van der Waals surface area contributed by atoms with Gasteiger partial charge in [-0.1, -0.05) is 25.5 Å². The SMILES string of the molecule is CCCCNC(=O)c1ccccc1NS(=O)(=O)c1ccc(OC)c(C(=O)N2CCOCC2)c1. The van der Waals surface area contributed by atoms with Gasteiger partial charge in [0, 0.05) is 19.6 Å². The maximum absolute atomic E-state index is 13.2. The molecule has 0 spiro atoms. The summed E-state index contributed by atoms with van der Waals surface area (Å²) in [6.45, 7) is 4.19. The van der Waals surface area contributed by atoms with Crippen LogP contribution in [-0.4, -0.2) is 65.1 Å². The predicted octanol–water partition coefficient (Wildman–Crippen LogP) is 2.50. The zero-order valence-corrected chi connectivity index (χ0v) is 19.6. The van der Waals surface area contributed by atoms with Gasteiger partial charge in [-0.15, -0.1) is 0 Å². The number of carbonyl (C=O) groups is 2. The van der Waals surface area contributed by atoms with Gasteiger partial charge < -0.3 is 19.7 Å². The van der Waals surface area contributed by atoms with Crippen LogP contribution >= 0.6 is 0 Å². The second-order valence-corrected chi connectivity index (χ2v) is 9.21. The van der Waals surface area contributed by atoms with Crippen molar-refractivity contribution in [3.8, 4) is 5.75 Å². The number of amides is 2. The average molecular weight is 476 g/mol. The topological polar surface area (TPSA) is 114 Å². The van der Waals surface area contributed by atoms with Crippen LogP contribution in [0.15, 0.2) is 47.4 Å². The Morgan fingerprint density at radius 2 is 1.82 bits per heavy atom. The summed E-state index contributed by atoms with van der Waals surface area (Å²) in [7, 11) is -2.67. The first-order valence-corrected chi connectivity index (χ1v) is 12.3. The third kappa shape index (κ3) is 6.02. The van der Waals surface area contributed by atoms with E-state index in [9.17, 15) is 18.0 Å². The summed E-state index contributed by atoms with van der Waals surface area (Å²) in [5.74, 6) is -0.413. The Bertz CT molecular complexity index is 1100. The number of unbranched alkanes of at least 4 members (excludes halogenated alkanes) is 1. The van der Waals surface area contributed by atoms with Crippen LogP contribution in [0.4, 0.5) is 5.69 Å². The highest BCUT2D eigenvalue weighted by molar-refractivity contribution is 7.92. The van der Waals surface area contributed by atoms with Crippen LogP contribution < -0.4 is 14.8 Å². The van der Waals surface area contributed by atoms with Crippen LogP contribution in [0.1, 0.15) is 40.5 Å². The molecular formula is C23H29N3O6S. The standard InChI is InChI=1S/C23H29N3O6S/c1-3-4-11-24-22(27)18-7-5-6-8-20(18)25-33(29,30)17-9-10-21(31-2)19(16-17)23(28)26-12-14-32-15-13-26/h5-10,16,25H,3-4,11-15H2,1-2H3,(H,24,27). The molecule has 2 aromatic rings. The number of anilines is 1. The fourth-order valence-corrected chi connectivity index (χ4v) is 4.51. The molecule has 0 radical (unpaired) electrons. The first-order chi connectivity index (χ1) is 15.9. The Morgan fingerprint density at radius 1 is 1.09 bits per heavy atom. The number of para-hydroxylation sites is 1. The lowest BCUT2D eigenvalue weighted by Crippen LogP contribution is -2.40. The molecule has 178 valence electrons. The number of methoxy groups -OCH3 is 1. The van der Waals surface area contributed by atoms with Gasteiger partial charge in [-0.25, -0.2) is 8.42 Å². The lowest BCUT2D eigenvalue weighted by Gasteiger charge is -2.27. The highest BCUT2D eigenvalue weighted by Crippen LogP contribution is 2.26. The minimum Gasteiger partial charge on any atom is -0.496 e. The van der Waals surface area contributed by atoms with Crippen molar-refractivity contribution in [3.05, 3.63) is 53.6 Å². The molecule has 1 aliphatic rings. The molecular weight excluding hydrogens is 446 g/mol. The van der Waals surface area contributed by atoms with Crippen LogP contribution in [0.2, 0.25) is 0 Å². The second-order valence-electron chi connectivity index (χ2n) is 7.53. The van der Waals surface area contributed by atoms with E-state index in [0.29, 0.717) is 32.8 Å². The van der Waals surface area contributed by atoms with Gasteiger partial charge >= 0.3 is 0 Å². The Labute approximate surface area is 194 Å².